The highest BCUT2D eigenvalue weighted by atomic mass is 16.5. The maximum atomic E-state index is 12.7. The van der Waals surface area contributed by atoms with E-state index in [4.69, 9.17) is 4.74 Å². The molecule has 9 heteroatoms. The summed E-state index contributed by atoms with van der Waals surface area (Å²) in [4.78, 5) is 31.1. The number of nitriles is 1. The van der Waals surface area contributed by atoms with Crippen molar-refractivity contribution in [3.63, 3.8) is 0 Å². The van der Waals surface area contributed by atoms with E-state index in [0.29, 0.717) is 35.0 Å². The Bertz CT molecular complexity index is 1280. The SMILES string of the molecule is CC[C@H]1CN(C(C)c2cccc(OC)n2)[C@H](CC)CN1c1nc(=O)n(C)c2ccc(C#N)nc12. The van der Waals surface area contributed by atoms with Crippen LogP contribution in [0.15, 0.2) is 35.1 Å². The number of aromatic nitrogens is 4. The number of aryl methyl sites for hydroxylation is 1. The summed E-state index contributed by atoms with van der Waals surface area (Å²) in [5, 5.41) is 9.41. The van der Waals surface area contributed by atoms with E-state index in [9.17, 15) is 10.1 Å². The molecule has 0 bridgehead atoms. The zero-order chi connectivity index (χ0) is 24.4. The third kappa shape index (κ3) is 4.21. The molecular formula is C25H31N7O2. The van der Waals surface area contributed by atoms with E-state index in [0.717, 1.165) is 25.1 Å². The summed E-state index contributed by atoms with van der Waals surface area (Å²) in [6.45, 7) is 8.01. The van der Waals surface area contributed by atoms with Crippen molar-refractivity contribution in [2.75, 3.05) is 25.1 Å². The molecule has 4 rings (SSSR count). The van der Waals surface area contributed by atoms with E-state index in [1.165, 1.54) is 4.57 Å². The summed E-state index contributed by atoms with van der Waals surface area (Å²) in [7, 11) is 3.31. The molecule has 4 heterocycles. The number of methoxy groups -OCH3 is 1. The number of hydrogen-bond donors (Lipinski definition) is 0. The third-order valence-electron chi connectivity index (χ3n) is 6.88. The van der Waals surface area contributed by atoms with Crippen molar-refractivity contribution in [1.29, 1.82) is 5.26 Å². The molecule has 1 fully saturated rings. The number of rotatable bonds is 6. The fraction of sp³-hybridized carbons (Fsp3) is 0.480. The van der Waals surface area contributed by atoms with Gasteiger partial charge in [0.2, 0.25) is 5.88 Å². The minimum Gasteiger partial charge on any atom is -0.481 e. The summed E-state index contributed by atoms with van der Waals surface area (Å²) in [6.07, 6.45) is 1.81. The molecule has 1 aliphatic rings. The molecule has 9 nitrogen and oxygen atoms in total. The van der Waals surface area contributed by atoms with Crippen LogP contribution in [0, 0.1) is 11.3 Å². The van der Waals surface area contributed by atoms with Crippen LogP contribution in [0.1, 0.15) is 51.0 Å². The molecule has 1 aliphatic heterocycles. The molecule has 0 amide bonds. The van der Waals surface area contributed by atoms with E-state index in [1.807, 2.05) is 18.2 Å². The lowest BCUT2D eigenvalue weighted by Crippen LogP contribution is -2.59. The molecule has 3 aromatic rings. The van der Waals surface area contributed by atoms with Crippen LogP contribution in [0.3, 0.4) is 0 Å². The van der Waals surface area contributed by atoms with Gasteiger partial charge in [-0.05, 0) is 38.0 Å². The van der Waals surface area contributed by atoms with Gasteiger partial charge >= 0.3 is 5.69 Å². The molecule has 1 saturated heterocycles. The minimum atomic E-state index is -0.326. The molecule has 0 radical (unpaired) electrons. The van der Waals surface area contributed by atoms with Gasteiger partial charge in [-0.25, -0.2) is 14.8 Å². The second-order valence-electron chi connectivity index (χ2n) is 8.71. The number of piperazine rings is 1. The Hall–Kier alpha value is -3.51. The lowest BCUT2D eigenvalue weighted by Gasteiger charge is -2.48. The molecule has 34 heavy (non-hydrogen) atoms. The zero-order valence-corrected chi connectivity index (χ0v) is 20.4. The van der Waals surface area contributed by atoms with Crippen molar-refractivity contribution in [2.24, 2.45) is 7.05 Å². The predicted molar refractivity (Wildman–Crippen MR) is 131 cm³/mol. The first kappa shape index (κ1) is 23.6. The Morgan fingerprint density at radius 1 is 1.12 bits per heavy atom. The maximum absolute atomic E-state index is 12.7. The van der Waals surface area contributed by atoms with Gasteiger partial charge in [-0.2, -0.15) is 10.2 Å². The monoisotopic (exact) mass is 461 g/mol. The Kier molecular flexibility index (Phi) is 6.80. The van der Waals surface area contributed by atoms with Crippen LogP contribution in [0.2, 0.25) is 0 Å². The second-order valence-corrected chi connectivity index (χ2v) is 8.71. The second kappa shape index (κ2) is 9.77. The first-order valence-corrected chi connectivity index (χ1v) is 11.7. The number of hydrogen-bond acceptors (Lipinski definition) is 8. The summed E-state index contributed by atoms with van der Waals surface area (Å²) in [5.74, 6) is 1.17. The lowest BCUT2D eigenvalue weighted by atomic mass is 9.98. The van der Waals surface area contributed by atoms with Crippen molar-refractivity contribution >= 4 is 16.9 Å². The third-order valence-corrected chi connectivity index (χ3v) is 6.88. The van der Waals surface area contributed by atoms with Crippen molar-refractivity contribution < 1.29 is 4.74 Å². The quantitative estimate of drug-likeness (QED) is 0.552. The van der Waals surface area contributed by atoms with Gasteiger partial charge in [0.05, 0.1) is 18.3 Å². The zero-order valence-electron chi connectivity index (χ0n) is 20.4. The topological polar surface area (TPSA) is 100 Å². The van der Waals surface area contributed by atoms with Crippen molar-refractivity contribution in [3.8, 4) is 11.9 Å². The average molecular weight is 462 g/mol. The van der Waals surface area contributed by atoms with Crippen LogP contribution in [-0.4, -0.2) is 56.7 Å². The molecule has 1 unspecified atom stereocenters. The van der Waals surface area contributed by atoms with Crippen LogP contribution < -0.4 is 15.3 Å². The van der Waals surface area contributed by atoms with Crippen molar-refractivity contribution in [3.05, 3.63) is 52.2 Å². The molecule has 0 spiro atoms. The molecule has 3 aromatic heterocycles. The highest BCUT2D eigenvalue weighted by Crippen LogP contribution is 2.33. The molecule has 178 valence electrons. The van der Waals surface area contributed by atoms with E-state index in [1.54, 1.807) is 26.3 Å². The lowest BCUT2D eigenvalue weighted by molar-refractivity contribution is 0.0984. The fourth-order valence-corrected chi connectivity index (χ4v) is 4.84. The van der Waals surface area contributed by atoms with Crippen LogP contribution in [0.25, 0.3) is 11.0 Å². The number of fused-ring (bicyclic) bond motifs is 1. The number of anilines is 1. The molecular weight excluding hydrogens is 430 g/mol. The summed E-state index contributed by atoms with van der Waals surface area (Å²) in [5.41, 5.74) is 2.22. The van der Waals surface area contributed by atoms with Crippen LogP contribution >= 0.6 is 0 Å². The van der Waals surface area contributed by atoms with Gasteiger partial charge in [0.25, 0.3) is 0 Å². The molecule has 0 aromatic carbocycles. The molecule has 0 N–H and O–H groups in total. The van der Waals surface area contributed by atoms with Crippen LogP contribution in [0.5, 0.6) is 5.88 Å². The number of pyridine rings is 2. The largest absolute Gasteiger partial charge is 0.481 e. The first-order chi connectivity index (χ1) is 16.4. The standard InChI is InChI=1S/C25H31N7O2/c1-6-18-15-32(24-23-21(30(4)25(33)29-24)12-11-17(13-26)27-23)19(7-2)14-31(18)16(3)20-9-8-10-22(28-20)34-5/h8-12,16,18-19H,6-7,14-15H2,1-5H3/t16?,18-,19+/m1/s1. The van der Waals surface area contributed by atoms with Gasteiger partial charge in [0.1, 0.15) is 17.3 Å². The van der Waals surface area contributed by atoms with Crippen LogP contribution in [-0.2, 0) is 7.05 Å². The highest BCUT2D eigenvalue weighted by molar-refractivity contribution is 5.86. The Morgan fingerprint density at radius 3 is 2.56 bits per heavy atom. The predicted octanol–water partition coefficient (Wildman–Crippen LogP) is 3.04. The molecule has 3 atom stereocenters. The van der Waals surface area contributed by atoms with Gasteiger partial charge in [0.15, 0.2) is 5.82 Å². The van der Waals surface area contributed by atoms with Gasteiger partial charge in [-0.3, -0.25) is 9.47 Å². The van der Waals surface area contributed by atoms with E-state index >= 15 is 0 Å². The fourth-order valence-electron chi connectivity index (χ4n) is 4.84. The maximum Gasteiger partial charge on any atom is 0.349 e. The van der Waals surface area contributed by atoms with Gasteiger partial charge < -0.3 is 9.64 Å². The average Bonchev–Trinajstić information content (AvgIpc) is 2.89. The number of nitrogens with zero attached hydrogens (tertiary/aromatic N) is 7. The molecule has 0 saturated carbocycles. The Morgan fingerprint density at radius 2 is 1.88 bits per heavy atom. The summed E-state index contributed by atoms with van der Waals surface area (Å²) >= 11 is 0. The normalized spacial score (nSPS) is 19.7. The Labute approximate surface area is 199 Å². The van der Waals surface area contributed by atoms with E-state index < -0.39 is 0 Å². The van der Waals surface area contributed by atoms with Gasteiger partial charge in [-0.15, -0.1) is 0 Å². The van der Waals surface area contributed by atoms with Crippen molar-refractivity contribution in [2.45, 2.75) is 51.7 Å². The summed E-state index contributed by atoms with van der Waals surface area (Å²) in [6, 6.07) is 11.9. The smallest absolute Gasteiger partial charge is 0.349 e. The minimum absolute atomic E-state index is 0.105. The van der Waals surface area contributed by atoms with E-state index in [2.05, 4.69) is 51.6 Å². The summed E-state index contributed by atoms with van der Waals surface area (Å²) < 4.78 is 6.82. The first-order valence-electron chi connectivity index (χ1n) is 11.7. The van der Waals surface area contributed by atoms with Crippen LogP contribution in [0.4, 0.5) is 5.82 Å². The Balaban J connectivity index is 1.75. The highest BCUT2D eigenvalue weighted by Gasteiger charge is 2.37. The van der Waals surface area contributed by atoms with Gasteiger partial charge in [-0.1, -0.05) is 19.9 Å². The van der Waals surface area contributed by atoms with Crippen molar-refractivity contribution in [1.82, 2.24) is 24.4 Å². The number of ether oxygens (including phenoxy) is 1. The molecule has 0 aliphatic carbocycles. The van der Waals surface area contributed by atoms with E-state index in [-0.39, 0.29) is 23.8 Å². The van der Waals surface area contributed by atoms with Gasteiger partial charge in [0, 0.05) is 44.3 Å².